The number of piperazine rings is 1. The first-order valence-electron chi connectivity index (χ1n) is 9.24. The summed E-state index contributed by atoms with van der Waals surface area (Å²) >= 11 is 6.05. The van der Waals surface area contributed by atoms with Crippen molar-refractivity contribution in [3.8, 4) is 0 Å². The molecule has 2 aromatic rings. The van der Waals surface area contributed by atoms with Crippen molar-refractivity contribution in [2.45, 2.75) is 13.0 Å². The lowest BCUT2D eigenvalue weighted by Gasteiger charge is -2.36. The van der Waals surface area contributed by atoms with Gasteiger partial charge in [0, 0.05) is 49.6 Å². The Bertz CT molecular complexity index is 932. The minimum atomic E-state index is -0.578. The van der Waals surface area contributed by atoms with E-state index in [1.54, 1.807) is 13.0 Å². The van der Waals surface area contributed by atoms with Gasteiger partial charge in [0.1, 0.15) is 5.82 Å². The molecule has 0 bridgehead atoms. The number of halogens is 2. The number of carbonyl (C=O) groups is 1. The number of hydrogen-bond donors (Lipinski definition) is 1. The molecule has 1 unspecified atom stereocenters. The molecule has 1 heterocycles. The molecule has 2 aromatic carbocycles. The molecule has 29 heavy (non-hydrogen) atoms. The van der Waals surface area contributed by atoms with E-state index in [4.69, 9.17) is 11.6 Å². The third-order valence-corrected chi connectivity index (χ3v) is 5.37. The number of nitro benzene ring substituents is 1. The molecule has 1 saturated heterocycles. The van der Waals surface area contributed by atoms with Gasteiger partial charge in [0.25, 0.3) is 11.6 Å². The van der Waals surface area contributed by atoms with E-state index in [1.165, 1.54) is 24.3 Å². The van der Waals surface area contributed by atoms with Crippen LogP contribution in [-0.2, 0) is 0 Å². The Labute approximate surface area is 173 Å². The quantitative estimate of drug-likeness (QED) is 0.590. The van der Waals surface area contributed by atoms with Crippen LogP contribution in [0.5, 0.6) is 0 Å². The van der Waals surface area contributed by atoms with Crippen LogP contribution in [-0.4, -0.2) is 49.0 Å². The second-order valence-corrected chi connectivity index (χ2v) is 7.52. The topological polar surface area (TPSA) is 78.7 Å². The predicted octanol–water partition coefficient (Wildman–Crippen LogP) is 3.63. The van der Waals surface area contributed by atoms with Crippen molar-refractivity contribution in [2.75, 3.05) is 38.1 Å². The van der Waals surface area contributed by atoms with Gasteiger partial charge in [-0.15, -0.1) is 0 Å². The van der Waals surface area contributed by atoms with Crippen LogP contribution in [0, 0.1) is 15.9 Å². The number of nitrogens with one attached hydrogen (secondary N) is 1. The summed E-state index contributed by atoms with van der Waals surface area (Å²) in [4.78, 5) is 27.3. The third kappa shape index (κ3) is 4.83. The van der Waals surface area contributed by atoms with E-state index in [9.17, 15) is 19.3 Å². The molecule has 154 valence electrons. The molecule has 0 aliphatic carbocycles. The highest BCUT2D eigenvalue weighted by molar-refractivity contribution is 6.34. The van der Waals surface area contributed by atoms with E-state index >= 15 is 0 Å². The minimum absolute atomic E-state index is 0.0116. The molecule has 3 rings (SSSR count). The SMILES string of the molecule is CC(NC(=O)c1ccc([N+](=O)[O-])cc1Cl)c1cc(F)ccc1N1CCN(C)CC1. The largest absolute Gasteiger partial charge is 0.369 e. The number of carbonyl (C=O) groups excluding carboxylic acids is 1. The Morgan fingerprint density at radius 1 is 1.21 bits per heavy atom. The number of benzene rings is 2. The first-order chi connectivity index (χ1) is 13.8. The summed E-state index contributed by atoms with van der Waals surface area (Å²) in [6.45, 7) is 5.19. The van der Waals surface area contributed by atoms with Crippen LogP contribution < -0.4 is 10.2 Å². The van der Waals surface area contributed by atoms with Gasteiger partial charge in [-0.3, -0.25) is 14.9 Å². The molecule has 1 atom stereocenters. The first-order valence-corrected chi connectivity index (χ1v) is 9.62. The fourth-order valence-corrected chi connectivity index (χ4v) is 3.62. The Balaban J connectivity index is 1.81. The lowest BCUT2D eigenvalue weighted by atomic mass is 10.0. The van der Waals surface area contributed by atoms with Crippen molar-refractivity contribution in [1.82, 2.24) is 10.2 Å². The Morgan fingerprint density at radius 3 is 2.52 bits per heavy atom. The van der Waals surface area contributed by atoms with Crippen molar-refractivity contribution in [1.29, 1.82) is 0 Å². The summed E-state index contributed by atoms with van der Waals surface area (Å²) in [5, 5.41) is 13.6. The number of non-ortho nitro benzene ring substituents is 1. The zero-order chi connectivity index (χ0) is 21.1. The molecule has 0 saturated carbocycles. The Kier molecular flexibility index (Phi) is 6.34. The van der Waals surface area contributed by atoms with Gasteiger partial charge in [0.15, 0.2) is 0 Å². The summed E-state index contributed by atoms with van der Waals surface area (Å²) < 4.78 is 14.0. The van der Waals surface area contributed by atoms with Gasteiger partial charge in [-0.2, -0.15) is 0 Å². The molecule has 0 radical (unpaired) electrons. The molecule has 7 nitrogen and oxygen atoms in total. The number of likely N-dealkylation sites (N-methyl/N-ethyl adjacent to an activating group) is 1. The molecular weight excluding hydrogens is 399 g/mol. The third-order valence-electron chi connectivity index (χ3n) is 5.06. The zero-order valence-electron chi connectivity index (χ0n) is 16.2. The van der Waals surface area contributed by atoms with Crippen LogP contribution in [0.2, 0.25) is 5.02 Å². The number of nitrogens with zero attached hydrogens (tertiary/aromatic N) is 3. The number of amides is 1. The Morgan fingerprint density at radius 2 is 1.90 bits per heavy atom. The van der Waals surface area contributed by atoms with Crippen LogP contribution in [0.15, 0.2) is 36.4 Å². The van der Waals surface area contributed by atoms with E-state index < -0.39 is 16.9 Å². The summed E-state index contributed by atoms with van der Waals surface area (Å²) in [5.74, 6) is -0.863. The van der Waals surface area contributed by atoms with Gasteiger partial charge in [-0.1, -0.05) is 11.6 Å². The monoisotopic (exact) mass is 420 g/mol. The van der Waals surface area contributed by atoms with Crippen molar-refractivity contribution in [2.24, 2.45) is 0 Å². The fourth-order valence-electron chi connectivity index (χ4n) is 3.36. The second kappa shape index (κ2) is 8.75. The standard InChI is InChI=1S/C20H22ClFN4O3/c1-13(23-20(27)16-5-4-15(26(28)29)12-18(16)21)17-11-14(22)3-6-19(17)25-9-7-24(2)8-10-25/h3-6,11-13H,7-10H2,1-2H3,(H,23,27). The lowest BCUT2D eigenvalue weighted by Crippen LogP contribution is -2.45. The maximum atomic E-state index is 14.0. The molecule has 0 aromatic heterocycles. The van der Waals surface area contributed by atoms with E-state index in [2.05, 4.69) is 22.2 Å². The molecule has 1 N–H and O–H groups in total. The maximum absolute atomic E-state index is 14.0. The average molecular weight is 421 g/mol. The summed E-state index contributed by atoms with van der Waals surface area (Å²) in [6.07, 6.45) is 0. The average Bonchev–Trinajstić information content (AvgIpc) is 2.68. The molecular formula is C20H22ClFN4O3. The maximum Gasteiger partial charge on any atom is 0.270 e. The van der Waals surface area contributed by atoms with Gasteiger partial charge in [-0.05, 0) is 38.2 Å². The molecule has 9 heteroatoms. The smallest absolute Gasteiger partial charge is 0.270 e. The lowest BCUT2D eigenvalue weighted by molar-refractivity contribution is -0.384. The van der Waals surface area contributed by atoms with Gasteiger partial charge in [0.05, 0.1) is 21.6 Å². The normalized spacial score (nSPS) is 15.8. The predicted molar refractivity (Wildman–Crippen MR) is 110 cm³/mol. The Hall–Kier alpha value is -2.71. The van der Waals surface area contributed by atoms with E-state index in [-0.39, 0.29) is 22.1 Å². The van der Waals surface area contributed by atoms with Crippen molar-refractivity contribution in [3.05, 3.63) is 68.5 Å². The molecule has 1 aliphatic heterocycles. The van der Waals surface area contributed by atoms with Gasteiger partial charge >= 0.3 is 0 Å². The van der Waals surface area contributed by atoms with Crippen LogP contribution >= 0.6 is 11.6 Å². The highest BCUT2D eigenvalue weighted by atomic mass is 35.5. The zero-order valence-corrected chi connectivity index (χ0v) is 16.9. The van der Waals surface area contributed by atoms with Gasteiger partial charge in [-0.25, -0.2) is 4.39 Å². The fraction of sp³-hybridized carbons (Fsp3) is 0.350. The number of rotatable bonds is 5. The number of nitro groups is 1. The van der Waals surface area contributed by atoms with E-state index in [0.717, 1.165) is 37.9 Å². The number of anilines is 1. The van der Waals surface area contributed by atoms with E-state index in [1.807, 2.05) is 0 Å². The molecule has 1 amide bonds. The first kappa shape index (κ1) is 21.0. The van der Waals surface area contributed by atoms with E-state index in [0.29, 0.717) is 5.56 Å². The molecule has 1 fully saturated rings. The van der Waals surface area contributed by atoms with Crippen LogP contribution in [0.4, 0.5) is 15.8 Å². The highest BCUT2D eigenvalue weighted by Crippen LogP contribution is 2.29. The highest BCUT2D eigenvalue weighted by Gasteiger charge is 2.22. The minimum Gasteiger partial charge on any atom is -0.369 e. The second-order valence-electron chi connectivity index (χ2n) is 7.11. The van der Waals surface area contributed by atoms with Crippen LogP contribution in [0.3, 0.4) is 0 Å². The van der Waals surface area contributed by atoms with Crippen LogP contribution in [0.25, 0.3) is 0 Å². The van der Waals surface area contributed by atoms with Gasteiger partial charge in [0.2, 0.25) is 0 Å². The van der Waals surface area contributed by atoms with Crippen molar-refractivity contribution < 1.29 is 14.1 Å². The summed E-state index contributed by atoms with van der Waals surface area (Å²) in [6, 6.07) is 7.77. The van der Waals surface area contributed by atoms with Crippen molar-refractivity contribution in [3.63, 3.8) is 0 Å². The van der Waals surface area contributed by atoms with Crippen molar-refractivity contribution >= 4 is 28.9 Å². The van der Waals surface area contributed by atoms with Gasteiger partial charge < -0.3 is 15.1 Å². The molecule has 0 spiro atoms. The summed E-state index contributed by atoms with van der Waals surface area (Å²) in [5.41, 5.74) is 1.48. The molecule has 1 aliphatic rings. The van der Waals surface area contributed by atoms with Crippen LogP contribution in [0.1, 0.15) is 28.9 Å². The summed E-state index contributed by atoms with van der Waals surface area (Å²) in [7, 11) is 2.06. The number of hydrogen-bond acceptors (Lipinski definition) is 5.